The number of alkyl halides is 4. The molecule has 0 radical (unpaired) electrons. The lowest BCUT2D eigenvalue weighted by Gasteiger charge is -2.16. The Morgan fingerprint density at radius 2 is 1.96 bits per heavy atom. The van der Waals surface area contributed by atoms with Gasteiger partial charge in [-0.3, -0.25) is 9.69 Å². The number of anilines is 2. The van der Waals surface area contributed by atoms with Crippen molar-refractivity contribution in [3.05, 3.63) is 54.1 Å². The lowest BCUT2D eigenvalue weighted by atomic mass is 10.1. The molecule has 0 bridgehead atoms. The molecule has 3 rings (SSSR count). The third-order valence-electron chi connectivity index (χ3n) is 3.80. The Morgan fingerprint density at radius 3 is 2.64 bits per heavy atom. The van der Waals surface area contributed by atoms with Gasteiger partial charge in [0.25, 0.3) is 5.91 Å². The first-order valence-corrected chi connectivity index (χ1v) is 9.39. The first-order chi connectivity index (χ1) is 13.3. The Bertz CT molecular complexity index is 894. The summed E-state index contributed by atoms with van der Waals surface area (Å²) in [5, 5.41) is 2.59. The Hall–Kier alpha value is -2.39. The zero-order valence-electron chi connectivity index (χ0n) is 14.2. The van der Waals surface area contributed by atoms with E-state index in [-0.39, 0.29) is 22.8 Å². The van der Waals surface area contributed by atoms with Gasteiger partial charge >= 0.3 is 12.3 Å². The first kappa shape index (κ1) is 20.3. The quantitative estimate of drug-likeness (QED) is 0.528. The molecule has 1 N–H and O–H groups in total. The number of hydrogen-bond donors (Lipinski definition) is 1. The van der Waals surface area contributed by atoms with Crippen LogP contribution in [0.2, 0.25) is 0 Å². The summed E-state index contributed by atoms with van der Waals surface area (Å²) in [6, 6.07) is 12.4. The second-order valence-electron chi connectivity index (χ2n) is 5.74. The number of thioether (sulfide) groups is 1. The summed E-state index contributed by atoms with van der Waals surface area (Å²) >= 11 is 5.79. The Kier molecular flexibility index (Phi) is 6.04. The molecule has 1 fully saturated rings. The summed E-state index contributed by atoms with van der Waals surface area (Å²) in [6.07, 6.45) is -5.08. The van der Waals surface area contributed by atoms with E-state index in [1.54, 1.807) is 24.3 Å². The van der Waals surface area contributed by atoms with E-state index in [1.165, 1.54) is 29.2 Å². The van der Waals surface area contributed by atoms with Crippen molar-refractivity contribution >= 4 is 46.7 Å². The fourth-order valence-corrected chi connectivity index (χ4v) is 3.54. The number of nitrogens with zero attached hydrogens (tertiary/aromatic N) is 1. The van der Waals surface area contributed by atoms with Gasteiger partial charge in [0, 0.05) is 16.1 Å². The van der Waals surface area contributed by atoms with Gasteiger partial charge in [0.15, 0.2) is 4.71 Å². The van der Waals surface area contributed by atoms with Crippen LogP contribution < -0.4 is 10.2 Å². The molecule has 1 saturated heterocycles. The van der Waals surface area contributed by atoms with Gasteiger partial charge in [-0.2, -0.15) is 13.2 Å². The van der Waals surface area contributed by atoms with Crippen LogP contribution in [0.1, 0.15) is 10.4 Å². The molecule has 2 aromatic rings. The molecule has 0 spiro atoms. The van der Waals surface area contributed by atoms with E-state index in [0.29, 0.717) is 24.0 Å². The number of benzene rings is 2. The summed E-state index contributed by atoms with van der Waals surface area (Å²) in [5.41, 5.74) is 0.948. The molecule has 1 aliphatic rings. The second kappa shape index (κ2) is 8.32. The van der Waals surface area contributed by atoms with Crippen molar-refractivity contribution in [3.63, 3.8) is 0 Å². The van der Waals surface area contributed by atoms with Gasteiger partial charge in [0.1, 0.15) is 6.61 Å². The second-order valence-corrected chi connectivity index (χ2v) is 7.58. The van der Waals surface area contributed by atoms with Gasteiger partial charge < -0.3 is 10.1 Å². The Morgan fingerprint density at radius 1 is 1.21 bits per heavy atom. The normalized spacial score (nSPS) is 15.3. The van der Waals surface area contributed by atoms with Crippen molar-refractivity contribution in [2.75, 3.05) is 23.4 Å². The standard InChI is InChI=1S/C18H14ClF3N2O3S/c19-16(18(20,21)22)28-14-7-2-1-6-13(14)23-15(25)11-4-3-5-12(10-11)24-8-9-27-17(24)26/h1-7,10,16H,8-9H2,(H,23,25). The summed E-state index contributed by atoms with van der Waals surface area (Å²) in [7, 11) is 0. The predicted molar refractivity (Wildman–Crippen MR) is 101 cm³/mol. The number of carbonyl (C=O) groups is 2. The zero-order valence-corrected chi connectivity index (χ0v) is 15.8. The molecular formula is C18H14ClF3N2O3S. The molecule has 148 valence electrons. The van der Waals surface area contributed by atoms with E-state index in [0.717, 1.165) is 0 Å². The van der Waals surface area contributed by atoms with Crippen LogP contribution in [-0.2, 0) is 4.74 Å². The van der Waals surface area contributed by atoms with E-state index in [9.17, 15) is 22.8 Å². The average Bonchev–Trinajstić information content (AvgIpc) is 3.08. The number of ether oxygens (including phenoxy) is 1. The van der Waals surface area contributed by atoms with E-state index < -0.39 is 22.9 Å². The van der Waals surface area contributed by atoms with Crippen molar-refractivity contribution in [2.24, 2.45) is 0 Å². The lowest BCUT2D eigenvalue weighted by Crippen LogP contribution is -2.24. The van der Waals surface area contributed by atoms with Crippen LogP contribution in [0.15, 0.2) is 53.4 Å². The highest BCUT2D eigenvalue weighted by Crippen LogP contribution is 2.40. The molecule has 5 nitrogen and oxygen atoms in total. The molecular weight excluding hydrogens is 417 g/mol. The maximum Gasteiger partial charge on any atom is 0.414 e. The van der Waals surface area contributed by atoms with Gasteiger partial charge in [-0.15, -0.1) is 11.6 Å². The molecule has 0 aromatic heterocycles. The predicted octanol–water partition coefficient (Wildman–Crippen LogP) is 5.11. The SMILES string of the molecule is O=C(Nc1ccccc1SC(Cl)C(F)(F)F)c1cccc(N2CCOC2=O)c1. The molecule has 1 aliphatic heterocycles. The molecule has 0 aliphatic carbocycles. The fourth-order valence-electron chi connectivity index (χ4n) is 2.49. The maximum atomic E-state index is 12.7. The molecule has 2 aromatic carbocycles. The largest absolute Gasteiger partial charge is 0.447 e. The Labute approximate surface area is 167 Å². The molecule has 28 heavy (non-hydrogen) atoms. The van der Waals surface area contributed by atoms with Crippen molar-refractivity contribution in [1.29, 1.82) is 0 Å². The molecule has 1 atom stereocenters. The highest BCUT2D eigenvalue weighted by molar-refractivity contribution is 8.01. The number of rotatable bonds is 5. The molecule has 10 heteroatoms. The summed E-state index contributed by atoms with van der Waals surface area (Å²) in [6.45, 7) is 0.636. The first-order valence-electron chi connectivity index (χ1n) is 8.08. The van der Waals surface area contributed by atoms with Crippen LogP contribution in [0.3, 0.4) is 0 Å². The topological polar surface area (TPSA) is 58.6 Å². The number of hydrogen-bond acceptors (Lipinski definition) is 4. The van der Waals surface area contributed by atoms with Crippen LogP contribution in [0, 0.1) is 0 Å². The van der Waals surface area contributed by atoms with Crippen LogP contribution in [0.5, 0.6) is 0 Å². The highest BCUT2D eigenvalue weighted by atomic mass is 35.5. The van der Waals surface area contributed by atoms with E-state index >= 15 is 0 Å². The maximum absolute atomic E-state index is 12.7. The summed E-state index contributed by atoms with van der Waals surface area (Å²) < 4.78 is 40.9. The average molecular weight is 431 g/mol. The Balaban J connectivity index is 1.78. The monoisotopic (exact) mass is 430 g/mol. The minimum Gasteiger partial charge on any atom is -0.447 e. The van der Waals surface area contributed by atoms with Gasteiger partial charge in [0.2, 0.25) is 0 Å². The number of nitrogens with one attached hydrogen (secondary N) is 1. The van der Waals surface area contributed by atoms with E-state index in [2.05, 4.69) is 5.32 Å². The number of para-hydroxylation sites is 1. The minimum atomic E-state index is -4.58. The number of carbonyl (C=O) groups excluding carboxylic acids is 2. The van der Waals surface area contributed by atoms with Gasteiger partial charge in [-0.1, -0.05) is 30.0 Å². The van der Waals surface area contributed by atoms with Gasteiger partial charge in [0.05, 0.1) is 12.2 Å². The van der Waals surface area contributed by atoms with Crippen molar-refractivity contribution < 1.29 is 27.5 Å². The van der Waals surface area contributed by atoms with Crippen molar-refractivity contribution in [3.8, 4) is 0 Å². The minimum absolute atomic E-state index is 0.187. The third kappa shape index (κ3) is 4.71. The lowest BCUT2D eigenvalue weighted by molar-refractivity contribution is -0.113. The number of halogens is 4. The van der Waals surface area contributed by atoms with Gasteiger partial charge in [-0.25, -0.2) is 4.79 Å². The summed E-state index contributed by atoms with van der Waals surface area (Å²) in [4.78, 5) is 25.8. The van der Waals surface area contributed by atoms with Crippen LogP contribution in [-0.4, -0.2) is 36.0 Å². The number of amides is 2. The highest BCUT2D eigenvalue weighted by Gasteiger charge is 2.39. The molecule has 1 heterocycles. The van der Waals surface area contributed by atoms with Crippen LogP contribution in [0.25, 0.3) is 0 Å². The van der Waals surface area contributed by atoms with Gasteiger partial charge in [-0.05, 0) is 30.3 Å². The van der Waals surface area contributed by atoms with Crippen molar-refractivity contribution in [1.82, 2.24) is 0 Å². The smallest absolute Gasteiger partial charge is 0.414 e. The number of cyclic esters (lactones) is 1. The molecule has 1 unspecified atom stereocenters. The van der Waals surface area contributed by atoms with Crippen molar-refractivity contribution in [2.45, 2.75) is 15.8 Å². The molecule has 2 amide bonds. The van der Waals surface area contributed by atoms with E-state index in [1.807, 2.05) is 0 Å². The molecule has 0 saturated carbocycles. The van der Waals surface area contributed by atoms with Crippen LogP contribution >= 0.6 is 23.4 Å². The third-order valence-corrected chi connectivity index (χ3v) is 5.40. The zero-order chi connectivity index (χ0) is 20.3. The summed E-state index contributed by atoms with van der Waals surface area (Å²) in [5.74, 6) is -0.527. The van der Waals surface area contributed by atoms with Crippen LogP contribution in [0.4, 0.5) is 29.3 Å². The fraction of sp³-hybridized carbons (Fsp3) is 0.222. The van der Waals surface area contributed by atoms with E-state index in [4.69, 9.17) is 16.3 Å².